The number of primary sulfonamides is 1. The lowest BCUT2D eigenvalue weighted by molar-refractivity contribution is 0.157. The van der Waals surface area contributed by atoms with E-state index in [0.29, 0.717) is 0 Å². The first kappa shape index (κ1) is 27.0. The van der Waals surface area contributed by atoms with Crippen LogP contribution in [0, 0.1) is 5.92 Å². The fourth-order valence-corrected chi connectivity index (χ4v) is 7.39. The third kappa shape index (κ3) is 5.45. The van der Waals surface area contributed by atoms with E-state index in [0.717, 1.165) is 47.9 Å². The molecule has 38 heavy (non-hydrogen) atoms. The van der Waals surface area contributed by atoms with Gasteiger partial charge >= 0.3 is 0 Å². The number of aryl methyl sites for hydroxylation is 1. The van der Waals surface area contributed by atoms with Gasteiger partial charge in [-0.3, -0.25) is 0 Å². The summed E-state index contributed by atoms with van der Waals surface area (Å²) in [6.07, 6.45) is 8.96. The predicted octanol–water partition coefficient (Wildman–Crippen LogP) is 5.67. The first-order chi connectivity index (χ1) is 17.8. The zero-order chi connectivity index (χ0) is 27.3. The molecule has 0 unspecified atom stereocenters. The van der Waals surface area contributed by atoms with Gasteiger partial charge in [0.2, 0.25) is 10.0 Å². The molecule has 0 aliphatic heterocycles. The summed E-state index contributed by atoms with van der Waals surface area (Å²) < 4.78 is 32.4. The van der Waals surface area contributed by atoms with Crippen LogP contribution in [-0.4, -0.2) is 37.4 Å². The van der Waals surface area contributed by atoms with E-state index < -0.39 is 18.3 Å². The molecule has 4 atom stereocenters. The number of sulfonamides is 1. The maximum atomic E-state index is 11.7. The quantitative estimate of drug-likeness (QED) is 0.364. The van der Waals surface area contributed by atoms with Gasteiger partial charge in [0.25, 0.3) is 0 Å². The Balaban J connectivity index is 1.42. The second-order valence-electron chi connectivity index (χ2n) is 12.2. The van der Waals surface area contributed by atoms with Crippen LogP contribution in [0.5, 0.6) is 0 Å². The van der Waals surface area contributed by atoms with Gasteiger partial charge < -0.3 is 14.3 Å². The molecule has 2 aliphatic carbocycles. The molecule has 1 aromatic carbocycles. The molecule has 3 aromatic rings. The zero-order valence-corrected chi connectivity index (χ0v) is 24.7. The third-order valence-corrected chi connectivity index (χ3v) is 13.7. The molecule has 2 aliphatic rings. The predicted molar refractivity (Wildman–Crippen MR) is 155 cm³/mol. The van der Waals surface area contributed by atoms with Gasteiger partial charge in [-0.25, -0.2) is 23.5 Å². The van der Waals surface area contributed by atoms with Crippen molar-refractivity contribution in [1.29, 1.82) is 0 Å². The first-order valence-electron chi connectivity index (χ1n) is 13.4. The van der Waals surface area contributed by atoms with Gasteiger partial charge in [0, 0.05) is 23.6 Å². The van der Waals surface area contributed by atoms with Crippen molar-refractivity contribution in [3.05, 3.63) is 65.5 Å². The van der Waals surface area contributed by atoms with E-state index in [4.69, 9.17) is 9.56 Å². The SMILES string of the molecule is CC(C)(C)[Si](C)(C)O[C@H]1C[C@H](n2ccc3c(N[C@H]4CCc5ccccc54)ncnc32)C[C@H]1/C=C/S(N)(=O)=O. The second-order valence-corrected chi connectivity index (χ2v) is 18.4. The molecule has 0 saturated heterocycles. The number of hydrogen-bond donors (Lipinski definition) is 2. The number of anilines is 1. The van der Waals surface area contributed by atoms with Crippen LogP contribution < -0.4 is 10.5 Å². The highest BCUT2D eigenvalue weighted by Crippen LogP contribution is 2.45. The molecule has 0 radical (unpaired) electrons. The number of fused-ring (bicyclic) bond motifs is 2. The Labute approximate surface area is 226 Å². The summed E-state index contributed by atoms with van der Waals surface area (Å²) in [5, 5.41) is 11.1. The van der Waals surface area contributed by atoms with Crippen molar-refractivity contribution in [2.24, 2.45) is 11.1 Å². The molecule has 1 saturated carbocycles. The Morgan fingerprint density at radius 3 is 2.66 bits per heavy atom. The number of benzene rings is 1. The lowest BCUT2D eigenvalue weighted by atomic mass is 10.1. The molecule has 1 fully saturated rings. The van der Waals surface area contributed by atoms with Gasteiger partial charge in [0.15, 0.2) is 8.32 Å². The van der Waals surface area contributed by atoms with Gasteiger partial charge in [0.05, 0.1) is 17.5 Å². The van der Waals surface area contributed by atoms with Crippen LogP contribution in [0.4, 0.5) is 5.82 Å². The highest BCUT2D eigenvalue weighted by Gasteiger charge is 2.44. The summed E-state index contributed by atoms with van der Waals surface area (Å²) in [7, 11) is -5.79. The van der Waals surface area contributed by atoms with Crippen molar-refractivity contribution >= 4 is 35.2 Å². The first-order valence-corrected chi connectivity index (χ1v) is 17.9. The van der Waals surface area contributed by atoms with Crippen LogP contribution in [-0.2, 0) is 20.9 Å². The van der Waals surface area contributed by atoms with E-state index in [1.54, 1.807) is 12.4 Å². The molecular weight excluding hydrogens is 514 g/mol. The van der Waals surface area contributed by atoms with Crippen molar-refractivity contribution in [3.8, 4) is 0 Å². The molecule has 0 spiro atoms. The van der Waals surface area contributed by atoms with E-state index in [2.05, 4.69) is 90.2 Å². The standard InChI is InChI=1S/C28H39N5O3SSi/c1-28(2,3)38(4,5)36-25-17-21(16-20(25)13-15-37(29,34)35)33-14-12-23-26(30-18-31-27(23)33)32-24-11-10-19-8-6-7-9-22(19)24/h6-9,12-15,18,20-21,24-25H,10-11,16-17H2,1-5H3,(H2,29,34,35)(H,30,31,32)/b15-13+/t20-,21-,24+,25+/m1/s1. The smallest absolute Gasteiger partial charge is 0.230 e. The van der Waals surface area contributed by atoms with E-state index >= 15 is 0 Å². The number of rotatable bonds is 7. The summed E-state index contributed by atoms with van der Waals surface area (Å²) in [6.45, 7) is 11.1. The average molecular weight is 554 g/mol. The molecule has 2 aromatic heterocycles. The van der Waals surface area contributed by atoms with Gasteiger partial charge in [-0.05, 0) is 61.0 Å². The maximum Gasteiger partial charge on any atom is 0.230 e. The third-order valence-electron chi connectivity index (χ3n) is 8.64. The van der Waals surface area contributed by atoms with Crippen LogP contribution in [0.3, 0.4) is 0 Å². The molecular formula is C28H39N5O3SSi. The largest absolute Gasteiger partial charge is 0.413 e. The van der Waals surface area contributed by atoms with Crippen LogP contribution >= 0.6 is 0 Å². The van der Waals surface area contributed by atoms with E-state index in [-0.39, 0.29) is 29.1 Å². The lowest BCUT2D eigenvalue weighted by Crippen LogP contribution is -2.44. The number of nitrogens with one attached hydrogen (secondary N) is 1. The molecule has 3 N–H and O–H groups in total. The maximum absolute atomic E-state index is 11.7. The minimum Gasteiger partial charge on any atom is -0.413 e. The molecule has 5 rings (SSSR count). The Kier molecular flexibility index (Phi) is 7.04. The zero-order valence-electron chi connectivity index (χ0n) is 22.9. The number of nitrogens with two attached hydrogens (primary N) is 1. The monoisotopic (exact) mass is 553 g/mol. The summed E-state index contributed by atoms with van der Waals surface area (Å²) in [4.78, 5) is 9.26. The number of aromatic nitrogens is 3. The van der Waals surface area contributed by atoms with Gasteiger partial charge in [-0.15, -0.1) is 0 Å². The van der Waals surface area contributed by atoms with E-state index in [9.17, 15) is 8.42 Å². The van der Waals surface area contributed by atoms with Crippen LogP contribution in [0.2, 0.25) is 18.1 Å². The molecule has 2 heterocycles. The summed E-state index contributed by atoms with van der Waals surface area (Å²) in [6, 6.07) is 11.0. The Morgan fingerprint density at radius 2 is 1.92 bits per heavy atom. The lowest BCUT2D eigenvalue weighted by Gasteiger charge is -2.39. The summed E-state index contributed by atoms with van der Waals surface area (Å²) in [5.41, 5.74) is 3.61. The minimum absolute atomic E-state index is 0.0477. The molecule has 10 heteroatoms. The number of hydrogen-bond acceptors (Lipinski definition) is 6. The highest BCUT2D eigenvalue weighted by molar-refractivity contribution is 7.92. The van der Waals surface area contributed by atoms with Crippen LogP contribution in [0.25, 0.3) is 11.0 Å². The Hall–Kier alpha value is -2.53. The summed E-state index contributed by atoms with van der Waals surface area (Å²) >= 11 is 0. The minimum atomic E-state index is -3.71. The fraction of sp³-hybridized carbons (Fsp3) is 0.500. The van der Waals surface area contributed by atoms with E-state index in [1.807, 2.05) is 0 Å². The summed E-state index contributed by atoms with van der Waals surface area (Å²) in [5.74, 6) is 0.785. The highest BCUT2D eigenvalue weighted by atomic mass is 32.2. The van der Waals surface area contributed by atoms with Gasteiger partial charge in [-0.1, -0.05) is 51.1 Å². The van der Waals surface area contributed by atoms with Crippen molar-refractivity contribution in [2.45, 2.75) is 82.8 Å². The Bertz CT molecular complexity index is 1460. The normalized spacial score (nSPS) is 24.4. The molecule has 0 bridgehead atoms. The van der Waals surface area contributed by atoms with Crippen molar-refractivity contribution < 1.29 is 12.8 Å². The Morgan fingerprint density at radius 1 is 1.16 bits per heavy atom. The fourth-order valence-electron chi connectivity index (χ4n) is 5.59. The van der Waals surface area contributed by atoms with Crippen molar-refractivity contribution in [1.82, 2.24) is 14.5 Å². The van der Waals surface area contributed by atoms with Gasteiger partial charge in [0.1, 0.15) is 17.8 Å². The van der Waals surface area contributed by atoms with Crippen molar-refractivity contribution in [2.75, 3.05) is 5.32 Å². The molecule has 8 nitrogen and oxygen atoms in total. The number of nitrogens with zero attached hydrogens (tertiary/aromatic N) is 3. The van der Waals surface area contributed by atoms with E-state index in [1.165, 1.54) is 11.1 Å². The average Bonchev–Trinajstić information content (AvgIpc) is 3.54. The molecule has 0 amide bonds. The van der Waals surface area contributed by atoms with Gasteiger partial charge in [-0.2, -0.15) is 0 Å². The topological polar surface area (TPSA) is 112 Å². The van der Waals surface area contributed by atoms with Crippen LogP contribution in [0.15, 0.2) is 54.3 Å². The van der Waals surface area contributed by atoms with Crippen molar-refractivity contribution in [3.63, 3.8) is 0 Å². The second kappa shape index (κ2) is 9.89. The molecule has 204 valence electrons. The van der Waals surface area contributed by atoms with Crippen LogP contribution in [0.1, 0.15) is 63.2 Å².